The number of ketones is 1. The van der Waals surface area contributed by atoms with Crippen LogP contribution in [0.25, 0.3) is 0 Å². The number of hydrogen-bond donors (Lipinski definition) is 1. The summed E-state index contributed by atoms with van der Waals surface area (Å²) in [4.78, 5) is 11.8. The van der Waals surface area contributed by atoms with E-state index in [1.54, 1.807) is 7.11 Å². The van der Waals surface area contributed by atoms with Gasteiger partial charge in [-0.25, -0.2) is 0 Å². The Balaban J connectivity index is 2.55. The Morgan fingerprint density at radius 2 is 2.24 bits per heavy atom. The van der Waals surface area contributed by atoms with Gasteiger partial charge in [0.15, 0.2) is 0 Å². The molecule has 0 spiro atoms. The Morgan fingerprint density at radius 1 is 1.47 bits per heavy atom. The fourth-order valence-electron chi connectivity index (χ4n) is 1.80. The highest BCUT2D eigenvalue weighted by atomic mass is 16.5. The smallest absolute Gasteiger partial charge is 0.137 e. The minimum absolute atomic E-state index is 0.246. The summed E-state index contributed by atoms with van der Waals surface area (Å²) < 4.78 is 5.13. The summed E-state index contributed by atoms with van der Waals surface area (Å²) in [5.74, 6) is 1.35. The fourth-order valence-corrected chi connectivity index (χ4v) is 1.80. The van der Waals surface area contributed by atoms with Gasteiger partial charge in [0.25, 0.3) is 0 Å². The molecule has 1 aromatic rings. The Kier molecular flexibility index (Phi) is 5.70. The van der Waals surface area contributed by atoms with Crippen LogP contribution < -0.4 is 10.5 Å². The van der Waals surface area contributed by atoms with Gasteiger partial charge in [-0.05, 0) is 30.2 Å². The van der Waals surface area contributed by atoms with Gasteiger partial charge in [0, 0.05) is 12.8 Å². The van der Waals surface area contributed by atoms with Crippen LogP contribution in [0.5, 0.6) is 5.75 Å². The van der Waals surface area contributed by atoms with E-state index >= 15 is 0 Å². The van der Waals surface area contributed by atoms with Gasteiger partial charge in [0.05, 0.1) is 7.11 Å². The molecule has 0 fully saturated rings. The van der Waals surface area contributed by atoms with Crippen molar-refractivity contribution >= 4 is 5.78 Å². The Bertz CT molecular complexity index is 359. The quantitative estimate of drug-likeness (QED) is 0.788. The maximum absolute atomic E-state index is 11.8. The number of carbonyl (C=O) groups excluding carboxylic acids is 1. The van der Waals surface area contributed by atoms with E-state index in [9.17, 15) is 4.79 Å². The minimum Gasteiger partial charge on any atom is -0.497 e. The number of Topliss-reactive ketones (excluding diaryl/α,β-unsaturated/α-hetero) is 1. The lowest BCUT2D eigenvalue weighted by Crippen LogP contribution is -2.18. The summed E-state index contributed by atoms with van der Waals surface area (Å²) in [6.45, 7) is 2.65. The molecule has 0 radical (unpaired) electrons. The summed E-state index contributed by atoms with van der Waals surface area (Å²) in [5.41, 5.74) is 6.60. The number of hydrogen-bond acceptors (Lipinski definition) is 3. The maximum Gasteiger partial charge on any atom is 0.137 e. The molecule has 2 N–H and O–H groups in total. The van der Waals surface area contributed by atoms with E-state index in [0.717, 1.165) is 17.7 Å². The highest BCUT2D eigenvalue weighted by Crippen LogP contribution is 2.15. The minimum atomic E-state index is 0.246. The van der Waals surface area contributed by atoms with Crippen molar-refractivity contribution in [3.05, 3.63) is 29.8 Å². The zero-order valence-electron chi connectivity index (χ0n) is 10.6. The van der Waals surface area contributed by atoms with E-state index in [-0.39, 0.29) is 5.78 Å². The summed E-state index contributed by atoms with van der Waals surface area (Å²) in [5, 5.41) is 0. The third kappa shape index (κ3) is 4.57. The second-order valence-corrected chi connectivity index (χ2v) is 4.28. The van der Waals surface area contributed by atoms with Crippen LogP contribution in [0.1, 0.15) is 25.3 Å². The largest absolute Gasteiger partial charge is 0.497 e. The number of benzene rings is 1. The molecule has 3 nitrogen and oxygen atoms in total. The van der Waals surface area contributed by atoms with Crippen molar-refractivity contribution in [1.82, 2.24) is 0 Å². The molecule has 0 aliphatic heterocycles. The van der Waals surface area contributed by atoms with Crippen LogP contribution in [0.3, 0.4) is 0 Å². The van der Waals surface area contributed by atoms with Gasteiger partial charge in [-0.1, -0.05) is 25.5 Å². The number of nitrogens with two attached hydrogens (primary N) is 1. The topological polar surface area (TPSA) is 52.3 Å². The predicted octanol–water partition coefficient (Wildman–Crippen LogP) is 2.18. The lowest BCUT2D eigenvalue weighted by atomic mass is 9.96. The zero-order valence-corrected chi connectivity index (χ0v) is 10.6. The van der Waals surface area contributed by atoms with Crippen molar-refractivity contribution in [2.24, 2.45) is 11.7 Å². The second-order valence-electron chi connectivity index (χ2n) is 4.28. The van der Waals surface area contributed by atoms with Gasteiger partial charge >= 0.3 is 0 Å². The molecule has 0 aliphatic carbocycles. The summed E-state index contributed by atoms with van der Waals surface area (Å²) in [7, 11) is 1.63. The van der Waals surface area contributed by atoms with Gasteiger partial charge in [0.1, 0.15) is 11.5 Å². The lowest BCUT2D eigenvalue weighted by Gasteiger charge is -2.11. The highest BCUT2D eigenvalue weighted by Gasteiger charge is 2.11. The average Bonchev–Trinajstić information content (AvgIpc) is 2.36. The molecule has 0 saturated heterocycles. The summed E-state index contributed by atoms with van der Waals surface area (Å²) >= 11 is 0. The van der Waals surface area contributed by atoms with Gasteiger partial charge in [-0.15, -0.1) is 0 Å². The van der Waals surface area contributed by atoms with Crippen LogP contribution in [0.4, 0.5) is 0 Å². The molecule has 94 valence electrons. The number of carbonyl (C=O) groups is 1. The number of rotatable bonds is 7. The van der Waals surface area contributed by atoms with Crippen molar-refractivity contribution in [3.8, 4) is 5.75 Å². The van der Waals surface area contributed by atoms with E-state index in [4.69, 9.17) is 10.5 Å². The molecule has 0 aromatic heterocycles. The van der Waals surface area contributed by atoms with Crippen LogP contribution in [0.2, 0.25) is 0 Å². The Hall–Kier alpha value is -1.35. The van der Waals surface area contributed by atoms with Crippen molar-refractivity contribution < 1.29 is 9.53 Å². The van der Waals surface area contributed by atoms with Gasteiger partial charge in [0.2, 0.25) is 0 Å². The number of methoxy groups -OCH3 is 1. The molecular weight excluding hydrogens is 214 g/mol. The molecule has 1 aromatic carbocycles. The first-order valence-corrected chi connectivity index (χ1v) is 6.04. The third-order valence-electron chi connectivity index (χ3n) is 2.96. The number of ether oxygens (including phenoxy) is 1. The molecule has 1 rings (SSSR count). The van der Waals surface area contributed by atoms with Crippen molar-refractivity contribution in [2.75, 3.05) is 13.7 Å². The second kappa shape index (κ2) is 7.07. The summed E-state index contributed by atoms with van der Waals surface area (Å²) in [6.07, 6.45) is 2.00. The molecule has 1 atom stereocenters. The predicted molar refractivity (Wildman–Crippen MR) is 69.2 cm³/mol. The molecule has 1 unspecified atom stereocenters. The van der Waals surface area contributed by atoms with Gasteiger partial charge in [-0.3, -0.25) is 4.79 Å². The van der Waals surface area contributed by atoms with E-state index in [1.807, 2.05) is 24.3 Å². The van der Waals surface area contributed by atoms with Crippen molar-refractivity contribution in [3.63, 3.8) is 0 Å². The van der Waals surface area contributed by atoms with E-state index in [1.165, 1.54) is 0 Å². The van der Waals surface area contributed by atoms with E-state index < -0.39 is 0 Å². The normalized spacial score (nSPS) is 12.2. The van der Waals surface area contributed by atoms with Crippen LogP contribution >= 0.6 is 0 Å². The van der Waals surface area contributed by atoms with Gasteiger partial charge in [-0.2, -0.15) is 0 Å². The Morgan fingerprint density at radius 3 is 2.82 bits per heavy atom. The van der Waals surface area contributed by atoms with Crippen molar-refractivity contribution in [2.45, 2.75) is 26.2 Å². The molecule has 17 heavy (non-hydrogen) atoms. The molecule has 0 heterocycles. The SMILES string of the molecule is CCC(CN)CC(=O)Cc1cccc(OC)c1. The molecule has 0 aliphatic rings. The van der Waals surface area contributed by atoms with E-state index in [2.05, 4.69) is 6.92 Å². The Labute approximate surface area is 103 Å². The molecule has 0 amide bonds. The average molecular weight is 235 g/mol. The standard InChI is InChI=1S/C14H21NO2/c1-3-11(10-15)7-13(16)8-12-5-4-6-14(9-12)17-2/h4-6,9,11H,3,7-8,10,15H2,1-2H3. The molecule has 3 heteroatoms. The van der Waals surface area contributed by atoms with Crippen molar-refractivity contribution in [1.29, 1.82) is 0 Å². The molecule has 0 bridgehead atoms. The van der Waals surface area contributed by atoms with Gasteiger partial charge < -0.3 is 10.5 Å². The monoisotopic (exact) mass is 235 g/mol. The molecular formula is C14H21NO2. The summed E-state index contributed by atoms with van der Waals surface area (Å²) in [6, 6.07) is 7.63. The highest BCUT2D eigenvalue weighted by molar-refractivity contribution is 5.81. The third-order valence-corrected chi connectivity index (χ3v) is 2.96. The first kappa shape index (κ1) is 13.7. The van der Waals surface area contributed by atoms with Crippen LogP contribution in [0, 0.1) is 5.92 Å². The lowest BCUT2D eigenvalue weighted by molar-refractivity contribution is -0.119. The zero-order chi connectivity index (χ0) is 12.7. The van der Waals surface area contributed by atoms with Crippen LogP contribution in [0.15, 0.2) is 24.3 Å². The van der Waals surface area contributed by atoms with E-state index in [0.29, 0.717) is 25.3 Å². The maximum atomic E-state index is 11.8. The van der Waals surface area contributed by atoms with Crippen LogP contribution in [-0.2, 0) is 11.2 Å². The molecule has 0 saturated carbocycles. The fraction of sp³-hybridized carbons (Fsp3) is 0.500. The van der Waals surface area contributed by atoms with Crippen LogP contribution in [-0.4, -0.2) is 19.4 Å². The first-order chi connectivity index (χ1) is 8.19. The first-order valence-electron chi connectivity index (χ1n) is 6.04.